The summed E-state index contributed by atoms with van der Waals surface area (Å²) in [5.41, 5.74) is 7.20. The summed E-state index contributed by atoms with van der Waals surface area (Å²) in [6.45, 7) is 0.207. The SMILES string of the molecule is NC(=O)CSc1nc(-c2ccccc2)c(NC(=O)C2CC(=O)N(c3ccc(F)cc3)C2)s1. The molecule has 1 atom stereocenters. The summed E-state index contributed by atoms with van der Waals surface area (Å²) >= 11 is 2.46. The van der Waals surface area contributed by atoms with Crippen LogP contribution in [-0.2, 0) is 14.4 Å². The van der Waals surface area contributed by atoms with Gasteiger partial charge in [-0.1, -0.05) is 53.4 Å². The minimum atomic E-state index is -0.556. The predicted octanol–water partition coefficient (Wildman–Crippen LogP) is 3.52. The van der Waals surface area contributed by atoms with Crippen LogP contribution in [0.5, 0.6) is 0 Å². The van der Waals surface area contributed by atoms with Crippen molar-refractivity contribution in [3.8, 4) is 11.3 Å². The monoisotopic (exact) mass is 470 g/mol. The zero-order valence-corrected chi connectivity index (χ0v) is 18.4. The van der Waals surface area contributed by atoms with Gasteiger partial charge in [-0.05, 0) is 24.3 Å². The summed E-state index contributed by atoms with van der Waals surface area (Å²) in [6, 6.07) is 15.0. The molecular weight excluding hydrogens is 451 g/mol. The summed E-state index contributed by atoms with van der Waals surface area (Å²) in [6.07, 6.45) is 0.0615. The molecule has 1 unspecified atom stereocenters. The number of carbonyl (C=O) groups is 3. The lowest BCUT2D eigenvalue weighted by Crippen LogP contribution is -2.28. The highest BCUT2D eigenvalue weighted by atomic mass is 32.2. The molecule has 0 radical (unpaired) electrons. The lowest BCUT2D eigenvalue weighted by molar-refractivity contribution is -0.122. The highest BCUT2D eigenvalue weighted by Gasteiger charge is 2.35. The van der Waals surface area contributed by atoms with E-state index < -0.39 is 17.6 Å². The number of nitrogens with two attached hydrogens (primary N) is 1. The van der Waals surface area contributed by atoms with Crippen molar-refractivity contribution in [2.45, 2.75) is 10.8 Å². The molecule has 7 nitrogen and oxygen atoms in total. The minimum absolute atomic E-state index is 0.0615. The Morgan fingerprint density at radius 1 is 1.19 bits per heavy atom. The molecule has 4 rings (SSSR count). The van der Waals surface area contributed by atoms with Crippen LogP contribution in [0.4, 0.5) is 15.1 Å². The van der Waals surface area contributed by atoms with Gasteiger partial charge in [0.15, 0.2) is 4.34 Å². The van der Waals surface area contributed by atoms with Gasteiger partial charge in [0.2, 0.25) is 17.7 Å². The number of rotatable bonds is 7. The van der Waals surface area contributed by atoms with E-state index in [4.69, 9.17) is 5.73 Å². The van der Waals surface area contributed by atoms with Crippen LogP contribution in [0.15, 0.2) is 58.9 Å². The molecule has 0 saturated carbocycles. The largest absolute Gasteiger partial charge is 0.369 e. The molecule has 0 aliphatic carbocycles. The van der Waals surface area contributed by atoms with Gasteiger partial charge in [-0.2, -0.15) is 0 Å². The van der Waals surface area contributed by atoms with Gasteiger partial charge in [-0.25, -0.2) is 9.37 Å². The number of amides is 3. The van der Waals surface area contributed by atoms with E-state index in [1.165, 1.54) is 52.3 Å². The van der Waals surface area contributed by atoms with Crippen LogP contribution in [-0.4, -0.2) is 35.0 Å². The van der Waals surface area contributed by atoms with Crippen molar-refractivity contribution in [1.29, 1.82) is 0 Å². The summed E-state index contributed by atoms with van der Waals surface area (Å²) in [7, 11) is 0. The highest BCUT2D eigenvalue weighted by Crippen LogP contribution is 2.38. The Labute approximate surface area is 191 Å². The zero-order chi connectivity index (χ0) is 22.7. The summed E-state index contributed by atoms with van der Waals surface area (Å²) in [4.78, 5) is 42.6. The van der Waals surface area contributed by atoms with E-state index in [0.717, 1.165) is 5.56 Å². The summed E-state index contributed by atoms with van der Waals surface area (Å²) < 4.78 is 13.8. The second-order valence-corrected chi connectivity index (χ2v) is 9.37. The molecule has 1 fully saturated rings. The number of aromatic nitrogens is 1. The highest BCUT2D eigenvalue weighted by molar-refractivity contribution is 8.01. The normalized spacial score (nSPS) is 15.7. The van der Waals surface area contributed by atoms with Crippen LogP contribution in [0.2, 0.25) is 0 Å². The second kappa shape index (κ2) is 9.49. The van der Waals surface area contributed by atoms with Crippen LogP contribution in [0.1, 0.15) is 6.42 Å². The molecule has 3 amide bonds. The van der Waals surface area contributed by atoms with Crippen molar-refractivity contribution in [1.82, 2.24) is 4.98 Å². The third kappa shape index (κ3) is 4.97. The van der Waals surface area contributed by atoms with Gasteiger partial charge in [-0.15, -0.1) is 0 Å². The van der Waals surface area contributed by atoms with Crippen LogP contribution >= 0.6 is 23.1 Å². The Morgan fingerprint density at radius 2 is 1.91 bits per heavy atom. The quantitative estimate of drug-likeness (QED) is 0.514. The number of halogens is 1. The fourth-order valence-corrected chi connectivity index (χ4v) is 5.15. The average Bonchev–Trinajstić information content (AvgIpc) is 3.37. The first-order valence-corrected chi connectivity index (χ1v) is 11.5. The number of hydrogen-bond donors (Lipinski definition) is 2. The zero-order valence-electron chi connectivity index (χ0n) is 16.8. The molecule has 2 aromatic carbocycles. The average molecular weight is 471 g/mol. The maximum Gasteiger partial charge on any atom is 0.230 e. The first-order valence-electron chi connectivity index (χ1n) is 9.75. The Morgan fingerprint density at radius 3 is 2.59 bits per heavy atom. The molecular formula is C22H19FN4O3S2. The first-order chi connectivity index (χ1) is 15.4. The number of benzene rings is 2. The minimum Gasteiger partial charge on any atom is -0.369 e. The van der Waals surface area contributed by atoms with E-state index in [2.05, 4.69) is 10.3 Å². The van der Waals surface area contributed by atoms with E-state index in [9.17, 15) is 18.8 Å². The van der Waals surface area contributed by atoms with E-state index in [0.29, 0.717) is 20.7 Å². The molecule has 10 heteroatoms. The smallest absolute Gasteiger partial charge is 0.230 e. The van der Waals surface area contributed by atoms with E-state index >= 15 is 0 Å². The van der Waals surface area contributed by atoms with E-state index in [-0.39, 0.29) is 30.5 Å². The molecule has 3 aromatic rings. The fourth-order valence-electron chi connectivity index (χ4n) is 3.34. The van der Waals surface area contributed by atoms with Crippen LogP contribution in [0.3, 0.4) is 0 Å². The maximum absolute atomic E-state index is 13.2. The molecule has 0 bridgehead atoms. The lowest BCUT2D eigenvalue weighted by Gasteiger charge is -2.16. The van der Waals surface area contributed by atoms with Gasteiger partial charge in [0.1, 0.15) is 16.5 Å². The lowest BCUT2D eigenvalue weighted by atomic mass is 10.1. The summed E-state index contributed by atoms with van der Waals surface area (Å²) in [5, 5.41) is 3.45. The van der Waals surface area contributed by atoms with E-state index in [1.54, 1.807) is 0 Å². The molecule has 1 saturated heterocycles. The van der Waals surface area contributed by atoms with Gasteiger partial charge in [0.25, 0.3) is 0 Å². The molecule has 3 N–H and O–H groups in total. The third-order valence-corrected chi connectivity index (χ3v) is 7.00. The van der Waals surface area contributed by atoms with Crippen LogP contribution in [0, 0.1) is 11.7 Å². The van der Waals surface area contributed by atoms with Gasteiger partial charge < -0.3 is 16.0 Å². The number of nitrogens with one attached hydrogen (secondary N) is 1. The number of carbonyl (C=O) groups excluding carboxylic acids is 3. The molecule has 1 aliphatic rings. The fraction of sp³-hybridized carbons (Fsp3) is 0.182. The number of thioether (sulfide) groups is 1. The van der Waals surface area contributed by atoms with Crippen molar-refractivity contribution in [3.05, 3.63) is 60.4 Å². The Balaban J connectivity index is 1.52. The first kappa shape index (κ1) is 22.0. The third-order valence-electron chi connectivity index (χ3n) is 4.86. The molecule has 2 heterocycles. The maximum atomic E-state index is 13.2. The molecule has 1 aromatic heterocycles. The number of nitrogens with zero attached hydrogens (tertiary/aromatic N) is 2. The van der Waals surface area contributed by atoms with Crippen molar-refractivity contribution >= 4 is 51.5 Å². The topological polar surface area (TPSA) is 105 Å². The van der Waals surface area contributed by atoms with Crippen molar-refractivity contribution in [3.63, 3.8) is 0 Å². The van der Waals surface area contributed by atoms with Crippen molar-refractivity contribution in [2.24, 2.45) is 11.7 Å². The predicted molar refractivity (Wildman–Crippen MR) is 123 cm³/mol. The molecule has 164 valence electrons. The van der Waals surface area contributed by atoms with Gasteiger partial charge in [0, 0.05) is 24.2 Å². The number of primary amides is 1. The number of hydrogen-bond acceptors (Lipinski definition) is 6. The standard InChI is InChI=1S/C22H19FN4O3S2/c23-15-6-8-16(9-7-15)27-11-14(10-18(27)29)20(30)26-21-19(13-4-2-1-3-5-13)25-22(32-21)31-12-17(24)28/h1-9,14H,10-12H2,(H2,24,28)(H,26,30). The van der Waals surface area contributed by atoms with Crippen molar-refractivity contribution in [2.75, 3.05) is 22.5 Å². The van der Waals surface area contributed by atoms with Crippen LogP contribution < -0.4 is 16.0 Å². The van der Waals surface area contributed by atoms with E-state index in [1.807, 2.05) is 30.3 Å². The number of anilines is 2. The molecule has 1 aliphatic heterocycles. The molecule has 32 heavy (non-hydrogen) atoms. The van der Waals surface area contributed by atoms with Crippen molar-refractivity contribution < 1.29 is 18.8 Å². The second-order valence-electron chi connectivity index (χ2n) is 7.15. The number of thiazole rings is 1. The Kier molecular flexibility index (Phi) is 6.52. The Bertz CT molecular complexity index is 1150. The molecule has 0 spiro atoms. The van der Waals surface area contributed by atoms with Gasteiger partial charge >= 0.3 is 0 Å². The summed E-state index contributed by atoms with van der Waals surface area (Å²) in [5.74, 6) is -1.81. The Hall–Kier alpha value is -3.24. The van der Waals surface area contributed by atoms with Crippen LogP contribution in [0.25, 0.3) is 11.3 Å². The van der Waals surface area contributed by atoms with Gasteiger partial charge in [0.05, 0.1) is 11.7 Å². The van der Waals surface area contributed by atoms with Gasteiger partial charge in [-0.3, -0.25) is 14.4 Å².